The van der Waals surface area contributed by atoms with E-state index in [1.165, 1.54) is 18.4 Å². The molecule has 1 saturated heterocycles. The Labute approximate surface area is 143 Å². The second-order valence-corrected chi connectivity index (χ2v) is 6.84. The molecule has 2 fully saturated rings. The summed E-state index contributed by atoms with van der Waals surface area (Å²) in [6.07, 6.45) is 5.26. The summed E-state index contributed by atoms with van der Waals surface area (Å²) in [5.41, 5.74) is 2.38. The van der Waals surface area contributed by atoms with Crippen molar-refractivity contribution in [1.29, 1.82) is 0 Å². The number of ether oxygens (including phenoxy) is 3. The average molecular weight is 330 g/mol. The quantitative estimate of drug-likeness (QED) is 0.863. The molecule has 0 spiro atoms. The van der Waals surface area contributed by atoms with Crippen LogP contribution < -0.4 is 14.8 Å². The van der Waals surface area contributed by atoms with Gasteiger partial charge in [-0.15, -0.1) is 0 Å². The van der Waals surface area contributed by atoms with Gasteiger partial charge >= 0.3 is 0 Å². The molecular weight excluding hydrogens is 304 g/mol. The van der Waals surface area contributed by atoms with Crippen molar-refractivity contribution in [2.24, 2.45) is 0 Å². The van der Waals surface area contributed by atoms with E-state index in [4.69, 9.17) is 14.2 Å². The third-order valence-corrected chi connectivity index (χ3v) is 4.95. The van der Waals surface area contributed by atoms with Crippen LogP contribution >= 0.6 is 0 Å². The number of rotatable bonds is 6. The Bertz CT molecular complexity index is 613. The molecule has 1 atom stereocenters. The maximum absolute atomic E-state index is 5.89. The van der Waals surface area contributed by atoms with Crippen LogP contribution in [0.2, 0.25) is 0 Å². The highest BCUT2D eigenvalue weighted by atomic mass is 16.5. The van der Waals surface area contributed by atoms with Crippen LogP contribution in [0.3, 0.4) is 0 Å². The second-order valence-electron chi connectivity index (χ2n) is 6.84. The molecule has 4 rings (SSSR count). The van der Waals surface area contributed by atoms with Crippen molar-refractivity contribution in [1.82, 2.24) is 10.2 Å². The average Bonchev–Trinajstić information content (AvgIpc) is 3.47. The fourth-order valence-electron chi connectivity index (χ4n) is 3.45. The lowest BCUT2D eigenvalue weighted by Gasteiger charge is -2.33. The Morgan fingerprint density at radius 2 is 2.25 bits per heavy atom. The van der Waals surface area contributed by atoms with Crippen molar-refractivity contribution in [2.45, 2.75) is 25.0 Å². The minimum Gasteiger partial charge on any atom is -0.497 e. The van der Waals surface area contributed by atoms with Crippen LogP contribution in [0, 0.1) is 0 Å². The van der Waals surface area contributed by atoms with Gasteiger partial charge in [0, 0.05) is 43.9 Å². The number of nitrogens with zero attached hydrogens (tertiary/aromatic N) is 1. The summed E-state index contributed by atoms with van der Waals surface area (Å²) in [6, 6.07) is 6.79. The molecule has 2 heterocycles. The fourth-order valence-corrected chi connectivity index (χ4v) is 3.45. The van der Waals surface area contributed by atoms with Gasteiger partial charge in [0.2, 0.25) is 0 Å². The predicted octanol–water partition coefficient (Wildman–Crippen LogP) is 1.92. The first-order valence-corrected chi connectivity index (χ1v) is 8.88. The molecule has 0 aromatic heterocycles. The van der Waals surface area contributed by atoms with Gasteiger partial charge in [-0.1, -0.05) is 0 Å². The SMILES string of the molecule is COc1ccc2c(c1)OCC(CNCC1CN(C3CC3)CCO1)=C2. The van der Waals surface area contributed by atoms with Crippen LogP contribution in [0.5, 0.6) is 11.5 Å². The lowest BCUT2D eigenvalue weighted by Crippen LogP contribution is -2.47. The molecule has 1 unspecified atom stereocenters. The molecule has 0 radical (unpaired) electrons. The Morgan fingerprint density at radius 3 is 3.08 bits per heavy atom. The van der Waals surface area contributed by atoms with E-state index in [9.17, 15) is 0 Å². The van der Waals surface area contributed by atoms with Gasteiger partial charge in [-0.3, -0.25) is 4.90 Å². The van der Waals surface area contributed by atoms with Crippen LogP contribution in [-0.4, -0.2) is 63.5 Å². The number of hydrogen-bond acceptors (Lipinski definition) is 5. The maximum atomic E-state index is 5.89. The predicted molar refractivity (Wildman–Crippen MR) is 93.7 cm³/mol. The lowest BCUT2D eigenvalue weighted by atomic mass is 10.1. The molecule has 5 nitrogen and oxygen atoms in total. The monoisotopic (exact) mass is 330 g/mol. The minimum absolute atomic E-state index is 0.306. The van der Waals surface area contributed by atoms with Gasteiger partial charge in [0.25, 0.3) is 0 Å². The molecule has 24 heavy (non-hydrogen) atoms. The van der Waals surface area contributed by atoms with Gasteiger partial charge in [-0.05, 0) is 36.6 Å². The summed E-state index contributed by atoms with van der Waals surface area (Å²) in [4.78, 5) is 2.59. The molecule has 0 amide bonds. The highest BCUT2D eigenvalue weighted by Gasteiger charge is 2.32. The molecule has 3 aliphatic rings. The van der Waals surface area contributed by atoms with Crippen LogP contribution in [0.1, 0.15) is 18.4 Å². The smallest absolute Gasteiger partial charge is 0.130 e. The maximum Gasteiger partial charge on any atom is 0.130 e. The Hall–Kier alpha value is -1.56. The van der Waals surface area contributed by atoms with E-state index < -0.39 is 0 Å². The van der Waals surface area contributed by atoms with E-state index in [2.05, 4.69) is 16.3 Å². The van der Waals surface area contributed by atoms with Crippen molar-refractivity contribution in [2.75, 3.05) is 46.5 Å². The van der Waals surface area contributed by atoms with Gasteiger partial charge in [-0.2, -0.15) is 0 Å². The van der Waals surface area contributed by atoms with E-state index in [0.717, 1.165) is 55.9 Å². The van der Waals surface area contributed by atoms with E-state index in [1.807, 2.05) is 18.2 Å². The standard InChI is InChI=1S/C19H26N2O3/c1-22-17-5-2-15-8-14(13-24-19(15)9-17)10-20-11-18-12-21(6-7-23-18)16-3-4-16/h2,5,8-9,16,18,20H,3-4,6-7,10-13H2,1H3. The number of hydrogen-bond donors (Lipinski definition) is 1. The number of methoxy groups -OCH3 is 1. The van der Waals surface area contributed by atoms with E-state index >= 15 is 0 Å². The van der Waals surface area contributed by atoms with Crippen molar-refractivity contribution < 1.29 is 14.2 Å². The first-order chi connectivity index (χ1) is 11.8. The zero-order valence-electron chi connectivity index (χ0n) is 14.3. The van der Waals surface area contributed by atoms with Crippen molar-refractivity contribution in [3.05, 3.63) is 29.3 Å². The summed E-state index contributed by atoms with van der Waals surface area (Å²) < 4.78 is 17.0. The van der Waals surface area contributed by atoms with Crippen molar-refractivity contribution in [3.63, 3.8) is 0 Å². The Morgan fingerprint density at radius 1 is 1.33 bits per heavy atom. The number of morpholine rings is 1. The molecule has 1 N–H and O–H groups in total. The molecule has 5 heteroatoms. The molecular formula is C19H26N2O3. The Kier molecular flexibility index (Phi) is 4.74. The summed E-state index contributed by atoms with van der Waals surface area (Å²) in [6.45, 7) is 5.40. The second kappa shape index (κ2) is 7.13. The van der Waals surface area contributed by atoms with Gasteiger partial charge < -0.3 is 19.5 Å². The molecule has 130 valence electrons. The molecule has 1 saturated carbocycles. The highest BCUT2D eigenvalue weighted by Crippen LogP contribution is 2.30. The zero-order valence-corrected chi connectivity index (χ0v) is 14.3. The largest absolute Gasteiger partial charge is 0.497 e. The molecule has 0 bridgehead atoms. The first kappa shape index (κ1) is 15.9. The van der Waals surface area contributed by atoms with Crippen LogP contribution in [-0.2, 0) is 4.74 Å². The number of benzene rings is 1. The van der Waals surface area contributed by atoms with E-state index in [1.54, 1.807) is 7.11 Å². The summed E-state index contributed by atoms with van der Waals surface area (Å²) in [5.74, 6) is 1.73. The first-order valence-electron chi connectivity index (χ1n) is 8.88. The third-order valence-electron chi connectivity index (χ3n) is 4.95. The normalized spacial score (nSPS) is 24.0. The van der Waals surface area contributed by atoms with Crippen LogP contribution in [0.15, 0.2) is 23.8 Å². The summed E-state index contributed by atoms with van der Waals surface area (Å²) in [5, 5.41) is 3.53. The summed E-state index contributed by atoms with van der Waals surface area (Å²) >= 11 is 0. The molecule has 1 aromatic carbocycles. The topological polar surface area (TPSA) is 43.0 Å². The van der Waals surface area contributed by atoms with E-state index in [0.29, 0.717) is 12.7 Å². The summed E-state index contributed by atoms with van der Waals surface area (Å²) in [7, 11) is 1.67. The molecule has 2 aliphatic heterocycles. The van der Waals surface area contributed by atoms with Gasteiger partial charge in [0.1, 0.15) is 18.1 Å². The number of nitrogens with one attached hydrogen (secondary N) is 1. The fraction of sp³-hybridized carbons (Fsp3) is 0.579. The molecule has 1 aliphatic carbocycles. The highest BCUT2D eigenvalue weighted by molar-refractivity contribution is 5.63. The third kappa shape index (κ3) is 3.74. The van der Waals surface area contributed by atoms with Crippen molar-refractivity contribution >= 4 is 6.08 Å². The van der Waals surface area contributed by atoms with Gasteiger partial charge in [-0.25, -0.2) is 0 Å². The Balaban J connectivity index is 1.27. The van der Waals surface area contributed by atoms with Crippen LogP contribution in [0.4, 0.5) is 0 Å². The van der Waals surface area contributed by atoms with Gasteiger partial charge in [0.05, 0.1) is 19.8 Å². The zero-order chi connectivity index (χ0) is 16.4. The molecule has 1 aromatic rings. The lowest BCUT2D eigenvalue weighted by molar-refractivity contribution is -0.0297. The number of fused-ring (bicyclic) bond motifs is 1. The minimum atomic E-state index is 0.306. The van der Waals surface area contributed by atoms with Crippen molar-refractivity contribution in [3.8, 4) is 11.5 Å². The van der Waals surface area contributed by atoms with E-state index in [-0.39, 0.29) is 0 Å². The van der Waals surface area contributed by atoms with Crippen LogP contribution in [0.25, 0.3) is 6.08 Å². The van der Waals surface area contributed by atoms with Gasteiger partial charge in [0.15, 0.2) is 0 Å².